The molecular formula is C18H18O5. The fourth-order valence-electron chi connectivity index (χ4n) is 2.70. The van der Waals surface area contributed by atoms with Crippen molar-refractivity contribution in [2.45, 2.75) is 26.4 Å². The van der Waals surface area contributed by atoms with E-state index in [1.165, 1.54) is 26.0 Å². The van der Waals surface area contributed by atoms with Crippen molar-refractivity contribution in [3.63, 3.8) is 0 Å². The summed E-state index contributed by atoms with van der Waals surface area (Å²) in [6.07, 6.45) is 2.74. The first kappa shape index (κ1) is 16.8. The average Bonchev–Trinajstić information content (AvgIpc) is 2.65. The van der Waals surface area contributed by atoms with E-state index >= 15 is 0 Å². The molecule has 2 N–H and O–H groups in total. The third kappa shape index (κ3) is 2.43. The van der Waals surface area contributed by atoms with Crippen molar-refractivity contribution in [3.05, 3.63) is 53.3 Å². The van der Waals surface area contributed by atoms with Crippen LogP contribution in [0.2, 0.25) is 0 Å². The second-order valence-corrected chi connectivity index (χ2v) is 6.05. The Labute approximate surface area is 133 Å². The minimum absolute atomic E-state index is 0.542. The van der Waals surface area contributed by atoms with Gasteiger partial charge in [0.2, 0.25) is 5.78 Å². The Morgan fingerprint density at radius 3 is 2.13 bits per heavy atom. The summed E-state index contributed by atoms with van der Waals surface area (Å²) in [5.41, 5.74) is -3.85. The molecule has 1 saturated carbocycles. The van der Waals surface area contributed by atoms with Gasteiger partial charge in [0.15, 0.2) is 17.2 Å². The average molecular weight is 314 g/mol. The molecule has 1 aromatic rings. The van der Waals surface area contributed by atoms with Gasteiger partial charge in [-0.25, -0.2) is 0 Å². The van der Waals surface area contributed by atoms with Crippen LogP contribution in [0.15, 0.2) is 47.7 Å². The highest BCUT2D eigenvalue weighted by Crippen LogP contribution is 2.45. The summed E-state index contributed by atoms with van der Waals surface area (Å²) in [6.45, 7) is 3.68. The number of benzene rings is 1. The number of Topliss-reactive ketones (excluding diaryl/α,β-unsaturated/α-hetero) is 3. The molecule has 0 heterocycles. The van der Waals surface area contributed by atoms with Crippen molar-refractivity contribution in [3.8, 4) is 0 Å². The molecule has 0 unspecified atom stereocenters. The van der Waals surface area contributed by atoms with Gasteiger partial charge in [-0.2, -0.15) is 0 Å². The molecule has 1 atom stereocenters. The summed E-state index contributed by atoms with van der Waals surface area (Å²) in [6, 6.07) is 8.99. The van der Waals surface area contributed by atoms with Crippen molar-refractivity contribution in [1.82, 2.24) is 0 Å². The van der Waals surface area contributed by atoms with Crippen molar-refractivity contribution in [1.29, 1.82) is 0 Å². The summed E-state index contributed by atoms with van der Waals surface area (Å²) in [7, 11) is 0. The van der Waals surface area contributed by atoms with Crippen LogP contribution in [0.3, 0.4) is 0 Å². The van der Waals surface area contributed by atoms with Gasteiger partial charge in [-0.05, 0) is 32.4 Å². The molecule has 0 saturated heterocycles. The largest absolute Gasteiger partial charge is 0.507 e. The van der Waals surface area contributed by atoms with E-state index in [9.17, 15) is 24.6 Å². The maximum atomic E-state index is 12.4. The van der Waals surface area contributed by atoms with Crippen molar-refractivity contribution in [2.75, 3.05) is 0 Å². The summed E-state index contributed by atoms with van der Waals surface area (Å²) in [5.74, 6) is -3.20. The Morgan fingerprint density at radius 1 is 1.09 bits per heavy atom. The molecule has 0 aromatic heterocycles. The maximum absolute atomic E-state index is 12.4. The molecular weight excluding hydrogens is 296 g/mol. The second kappa shape index (κ2) is 5.59. The highest BCUT2D eigenvalue weighted by atomic mass is 16.3. The smallest absolute Gasteiger partial charge is 0.210 e. The van der Waals surface area contributed by atoms with Crippen LogP contribution in [-0.4, -0.2) is 33.2 Å². The van der Waals surface area contributed by atoms with Gasteiger partial charge in [-0.15, -0.1) is 0 Å². The van der Waals surface area contributed by atoms with Crippen LogP contribution in [0.25, 0.3) is 6.08 Å². The Kier molecular flexibility index (Phi) is 4.09. The lowest BCUT2D eigenvalue weighted by atomic mass is 9.74. The number of allylic oxidation sites excluding steroid dienone is 1. The summed E-state index contributed by atoms with van der Waals surface area (Å²) in [4.78, 5) is 36.6. The van der Waals surface area contributed by atoms with Crippen LogP contribution < -0.4 is 0 Å². The van der Waals surface area contributed by atoms with E-state index in [0.29, 0.717) is 0 Å². The highest BCUT2D eigenvalue weighted by Gasteiger charge is 2.66. The van der Waals surface area contributed by atoms with Gasteiger partial charge >= 0.3 is 0 Å². The van der Waals surface area contributed by atoms with E-state index in [0.717, 1.165) is 12.5 Å². The summed E-state index contributed by atoms with van der Waals surface area (Å²) >= 11 is 0. The molecule has 0 aliphatic heterocycles. The van der Waals surface area contributed by atoms with Crippen LogP contribution in [0.1, 0.15) is 26.3 Å². The molecule has 0 radical (unpaired) electrons. The Bertz CT molecular complexity index is 740. The molecule has 5 heteroatoms. The first-order valence-corrected chi connectivity index (χ1v) is 7.13. The molecule has 2 rings (SSSR count). The van der Waals surface area contributed by atoms with Gasteiger partial charge in [-0.1, -0.05) is 36.4 Å². The van der Waals surface area contributed by atoms with Gasteiger partial charge in [0, 0.05) is 0 Å². The van der Waals surface area contributed by atoms with E-state index in [2.05, 4.69) is 0 Å². The third-order valence-corrected chi connectivity index (χ3v) is 4.25. The topological polar surface area (TPSA) is 91.7 Å². The van der Waals surface area contributed by atoms with Crippen LogP contribution in [0.4, 0.5) is 0 Å². The molecule has 1 fully saturated rings. The lowest BCUT2D eigenvalue weighted by molar-refractivity contribution is -0.158. The predicted octanol–water partition coefficient (Wildman–Crippen LogP) is 2.01. The van der Waals surface area contributed by atoms with Crippen molar-refractivity contribution in [2.24, 2.45) is 5.41 Å². The molecule has 5 nitrogen and oxygen atoms in total. The fourth-order valence-corrected chi connectivity index (χ4v) is 2.70. The van der Waals surface area contributed by atoms with Gasteiger partial charge in [0.05, 0.1) is 5.41 Å². The lowest BCUT2D eigenvalue weighted by Gasteiger charge is -2.30. The summed E-state index contributed by atoms with van der Waals surface area (Å²) < 4.78 is 0. The SMILES string of the molecule is CC(=O)[C@@]1(O)C(=O)/C(=C(O)\C=C\c2ccccc2)C(=O)C1(C)C. The normalized spacial score (nSPS) is 25.9. The third-order valence-electron chi connectivity index (χ3n) is 4.25. The van der Waals surface area contributed by atoms with E-state index < -0.39 is 39.7 Å². The van der Waals surface area contributed by atoms with E-state index in [4.69, 9.17) is 0 Å². The first-order valence-electron chi connectivity index (χ1n) is 7.13. The van der Waals surface area contributed by atoms with Crippen LogP contribution in [0.5, 0.6) is 0 Å². The zero-order chi connectivity index (χ0) is 17.4. The van der Waals surface area contributed by atoms with Gasteiger partial charge < -0.3 is 10.2 Å². The Hall–Kier alpha value is -2.53. The van der Waals surface area contributed by atoms with E-state index in [1.807, 2.05) is 6.07 Å². The minimum atomic E-state index is -2.45. The quantitative estimate of drug-likeness (QED) is 0.385. The lowest BCUT2D eigenvalue weighted by Crippen LogP contribution is -2.53. The van der Waals surface area contributed by atoms with Gasteiger partial charge in [0.25, 0.3) is 0 Å². The number of rotatable bonds is 3. The zero-order valence-corrected chi connectivity index (χ0v) is 13.2. The fraction of sp³-hybridized carbons (Fsp3) is 0.278. The molecule has 0 amide bonds. The van der Waals surface area contributed by atoms with E-state index in [1.54, 1.807) is 24.3 Å². The zero-order valence-electron chi connectivity index (χ0n) is 13.2. The molecule has 120 valence electrons. The molecule has 1 aliphatic rings. The van der Waals surface area contributed by atoms with Crippen molar-refractivity contribution >= 4 is 23.4 Å². The number of hydrogen-bond acceptors (Lipinski definition) is 5. The first-order chi connectivity index (χ1) is 10.6. The number of aliphatic hydroxyl groups excluding tert-OH is 1. The molecule has 0 spiro atoms. The van der Waals surface area contributed by atoms with Crippen LogP contribution in [0, 0.1) is 5.41 Å². The monoisotopic (exact) mass is 314 g/mol. The molecule has 1 aromatic carbocycles. The van der Waals surface area contributed by atoms with E-state index in [-0.39, 0.29) is 0 Å². The van der Waals surface area contributed by atoms with Crippen LogP contribution >= 0.6 is 0 Å². The second-order valence-electron chi connectivity index (χ2n) is 6.05. The van der Waals surface area contributed by atoms with Crippen LogP contribution in [-0.2, 0) is 14.4 Å². The van der Waals surface area contributed by atoms with Gasteiger partial charge in [-0.3, -0.25) is 14.4 Å². The standard InChI is InChI=1S/C18H18O5/c1-11(19)18(23)16(22)14(15(21)17(18,2)3)13(20)10-9-12-7-5-4-6-8-12/h4-10,20,23H,1-3H3/b10-9+,14-13+/t18-/m1/s1. The molecule has 23 heavy (non-hydrogen) atoms. The number of carbonyl (C=O) groups is 3. The maximum Gasteiger partial charge on any atom is 0.210 e. The molecule has 1 aliphatic carbocycles. The van der Waals surface area contributed by atoms with Gasteiger partial charge in [0.1, 0.15) is 11.3 Å². The molecule has 0 bridgehead atoms. The predicted molar refractivity (Wildman–Crippen MR) is 84.6 cm³/mol. The Morgan fingerprint density at radius 2 is 1.65 bits per heavy atom. The Balaban J connectivity index is 2.51. The number of ketones is 3. The van der Waals surface area contributed by atoms with Crippen molar-refractivity contribution < 1.29 is 24.6 Å². The summed E-state index contributed by atoms with van der Waals surface area (Å²) in [5, 5.41) is 20.6. The highest BCUT2D eigenvalue weighted by molar-refractivity contribution is 6.38. The number of hydrogen-bond donors (Lipinski definition) is 2. The number of aliphatic hydroxyl groups is 2. The minimum Gasteiger partial charge on any atom is -0.507 e. The number of carbonyl (C=O) groups excluding carboxylic acids is 3.